The standard InChI is InChI=1S/C23H23ClF3N3O/c1-2-3-19(21(29)31)30(22(14-28)12-13-22)20(23(25,26)27)17-6-4-15(5-7-17)16-8-10-18(24)11-9-16/h4-11,19-20H,2-3,12-13H2,1H3,(H2,29,31)/t19-,20-/m0/s1. The minimum absolute atomic E-state index is 0.0332. The number of rotatable bonds is 8. The maximum absolute atomic E-state index is 14.4. The first-order valence-corrected chi connectivity index (χ1v) is 10.4. The average Bonchev–Trinajstić information content (AvgIpc) is 3.51. The molecule has 0 heterocycles. The van der Waals surface area contributed by atoms with Crippen LogP contribution in [0, 0.1) is 11.3 Å². The molecule has 2 aromatic rings. The molecular weight excluding hydrogens is 427 g/mol. The van der Waals surface area contributed by atoms with Gasteiger partial charge in [-0.25, -0.2) is 0 Å². The van der Waals surface area contributed by atoms with Crippen LogP contribution in [0.5, 0.6) is 0 Å². The average molecular weight is 450 g/mol. The second kappa shape index (κ2) is 8.89. The van der Waals surface area contributed by atoms with Gasteiger partial charge in [0.25, 0.3) is 0 Å². The zero-order chi connectivity index (χ0) is 22.8. The molecule has 0 saturated heterocycles. The molecule has 3 rings (SSSR count). The second-order valence-corrected chi connectivity index (χ2v) is 8.27. The molecule has 1 saturated carbocycles. The molecule has 1 aliphatic rings. The van der Waals surface area contributed by atoms with Crippen molar-refractivity contribution in [1.82, 2.24) is 4.90 Å². The van der Waals surface area contributed by atoms with E-state index in [0.717, 1.165) is 16.0 Å². The molecule has 1 amide bonds. The molecule has 2 atom stereocenters. The van der Waals surface area contributed by atoms with Crippen LogP contribution in [-0.4, -0.2) is 28.6 Å². The monoisotopic (exact) mass is 449 g/mol. The Bertz CT molecular complexity index is 964. The quantitative estimate of drug-likeness (QED) is 0.568. The number of nitrogens with zero attached hydrogens (tertiary/aromatic N) is 2. The summed E-state index contributed by atoms with van der Waals surface area (Å²) in [5, 5.41) is 10.2. The lowest BCUT2D eigenvalue weighted by molar-refractivity contribution is -0.199. The van der Waals surface area contributed by atoms with E-state index in [1.807, 2.05) is 6.07 Å². The predicted octanol–water partition coefficient (Wildman–Crippen LogP) is 5.62. The highest BCUT2D eigenvalue weighted by Gasteiger charge is 2.60. The van der Waals surface area contributed by atoms with Crippen molar-refractivity contribution in [3.63, 3.8) is 0 Å². The van der Waals surface area contributed by atoms with E-state index in [0.29, 0.717) is 11.4 Å². The summed E-state index contributed by atoms with van der Waals surface area (Å²) in [7, 11) is 0. The van der Waals surface area contributed by atoms with Crippen LogP contribution < -0.4 is 5.73 Å². The van der Waals surface area contributed by atoms with Gasteiger partial charge < -0.3 is 5.73 Å². The summed E-state index contributed by atoms with van der Waals surface area (Å²) in [5.74, 6) is -0.851. The first kappa shape index (κ1) is 23.1. The van der Waals surface area contributed by atoms with Gasteiger partial charge in [-0.3, -0.25) is 9.69 Å². The fraction of sp³-hybridized carbons (Fsp3) is 0.391. The molecule has 1 fully saturated rings. The van der Waals surface area contributed by atoms with Crippen LogP contribution in [0.2, 0.25) is 5.02 Å². The van der Waals surface area contributed by atoms with Crippen molar-refractivity contribution in [2.24, 2.45) is 5.73 Å². The van der Waals surface area contributed by atoms with Crippen molar-refractivity contribution >= 4 is 17.5 Å². The highest BCUT2D eigenvalue weighted by molar-refractivity contribution is 6.30. The molecule has 164 valence electrons. The van der Waals surface area contributed by atoms with Crippen molar-refractivity contribution in [3.8, 4) is 17.2 Å². The Kier molecular flexibility index (Phi) is 6.63. The van der Waals surface area contributed by atoms with Crippen LogP contribution in [-0.2, 0) is 4.79 Å². The summed E-state index contributed by atoms with van der Waals surface area (Å²) in [6.45, 7) is 1.77. The molecule has 0 aromatic heterocycles. The zero-order valence-corrected chi connectivity index (χ0v) is 17.7. The molecule has 2 aromatic carbocycles. The van der Waals surface area contributed by atoms with Gasteiger partial charge in [-0.1, -0.05) is 61.3 Å². The third kappa shape index (κ3) is 4.86. The molecule has 0 bridgehead atoms. The zero-order valence-electron chi connectivity index (χ0n) is 17.0. The van der Waals surface area contributed by atoms with Crippen LogP contribution in [0.4, 0.5) is 13.2 Å². The lowest BCUT2D eigenvalue weighted by Crippen LogP contribution is -2.55. The number of halogens is 4. The summed E-state index contributed by atoms with van der Waals surface area (Å²) in [4.78, 5) is 13.2. The van der Waals surface area contributed by atoms with E-state index in [1.54, 1.807) is 43.3 Å². The number of primary amides is 1. The van der Waals surface area contributed by atoms with Gasteiger partial charge in [0.2, 0.25) is 5.91 Å². The van der Waals surface area contributed by atoms with Gasteiger partial charge in [0.15, 0.2) is 0 Å². The van der Waals surface area contributed by atoms with Gasteiger partial charge in [0, 0.05) is 5.02 Å². The highest BCUT2D eigenvalue weighted by Crippen LogP contribution is 2.51. The Morgan fingerprint density at radius 1 is 1.16 bits per heavy atom. The Hall–Kier alpha value is -2.56. The number of carbonyl (C=O) groups excluding carboxylic acids is 1. The second-order valence-electron chi connectivity index (χ2n) is 7.83. The molecule has 0 aliphatic heterocycles. The van der Waals surface area contributed by atoms with Gasteiger partial charge in [0.1, 0.15) is 11.6 Å². The largest absolute Gasteiger partial charge is 0.408 e. The van der Waals surface area contributed by atoms with Crippen molar-refractivity contribution in [3.05, 3.63) is 59.1 Å². The highest BCUT2D eigenvalue weighted by atomic mass is 35.5. The summed E-state index contributed by atoms with van der Waals surface area (Å²) in [6.07, 6.45) is -3.55. The molecule has 8 heteroatoms. The number of nitrogens with two attached hydrogens (primary N) is 1. The molecule has 0 unspecified atom stereocenters. The normalized spacial score (nSPS) is 17.1. The van der Waals surface area contributed by atoms with Crippen LogP contribution in [0.1, 0.15) is 44.2 Å². The van der Waals surface area contributed by atoms with E-state index < -0.39 is 29.7 Å². The molecule has 0 spiro atoms. The van der Waals surface area contributed by atoms with Crippen LogP contribution in [0.3, 0.4) is 0 Å². The Morgan fingerprint density at radius 2 is 1.68 bits per heavy atom. The molecule has 31 heavy (non-hydrogen) atoms. The third-order valence-corrected chi connectivity index (χ3v) is 5.90. The molecular formula is C23H23ClF3N3O. The van der Waals surface area contributed by atoms with Gasteiger partial charge in [-0.05, 0) is 48.1 Å². The number of benzene rings is 2. The molecule has 0 radical (unpaired) electrons. The van der Waals surface area contributed by atoms with Gasteiger partial charge in [0.05, 0.1) is 12.1 Å². The van der Waals surface area contributed by atoms with Crippen LogP contribution in [0.25, 0.3) is 11.1 Å². The van der Waals surface area contributed by atoms with Crippen molar-refractivity contribution < 1.29 is 18.0 Å². The first-order chi connectivity index (χ1) is 14.6. The van der Waals surface area contributed by atoms with Crippen molar-refractivity contribution in [2.75, 3.05) is 0 Å². The topological polar surface area (TPSA) is 70.1 Å². The maximum atomic E-state index is 14.4. The van der Waals surface area contributed by atoms with Gasteiger partial charge in [-0.2, -0.15) is 18.4 Å². The van der Waals surface area contributed by atoms with E-state index in [1.165, 1.54) is 12.1 Å². The number of amides is 1. The van der Waals surface area contributed by atoms with Crippen molar-refractivity contribution in [1.29, 1.82) is 5.26 Å². The lowest BCUT2D eigenvalue weighted by Gasteiger charge is -2.41. The molecule has 4 nitrogen and oxygen atoms in total. The van der Waals surface area contributed by atoms with Crippen LogP contribution in [0.15, 0.2) is 48.5 Å². The van der Waals surface area contributed by atoms with Crippen LogP contribution >= 0.6 is 11.6 Å². The predicted molar refractivity (Wildman–Crippen MR) is 113 cm³/mol. The first-order valence-electron chi connectivity index (χ1n) is 10.0. The summed E-state index contributed by atoms with van der Waals surface area (Å²) < 4.78 is 43.1. The number of carbonyl (C=O) groups is 1. The SMILES string of the molecule is CCC[C@@H](C(N)=O)N([C@@H](c1ccc(-c2ccc(Cl)cc2)cc1)C(F)(F)F)C1(C#N)CC1. The Labute approximate surface area is 184 Å². The number of nitriles is 1. The Morgan fingerprint density at radius 3 is 2.06 bits per heavy atom. The lowest BCUT2D eigenvalue weighted by atomic mass is 9.95. The number of hydrogen-bond donors (Lipinski definition) is 1. The molecule has 1 aliphatic carbocycles. The third-order valence-electron chi connectivity index (χ3n) is 5.64. The summed E-state index contributed by atoms with van der Waals surface area (Å²) >= 11 is 5.90. The number of alkyl halides is 3. The minimum Gasteiger partial charge on any atom is -0.368 e. The van der Waals surface area contributed by atoms with Gasteiger partial charge >= 0.3 is 6.18 Å². The minimum atomic E-state index is -4.70. The molecule has 2 N–H and O–H groups in total. The van der Waals surface area contributed by atoms with Crippen molar-refractivity contribution in [2.45, 2.75) is 56.4 Å². The summed E-state index contributed by atoms with van der Waals surface area (Å²) in [6, 6.07) is 11.7. The van der Waals surface area contributed by atoms with Gasteiger partial charge in [-0.15, -0.1) is 0 Å². The van der Waals surface area contributed by atoms with E-state index in [9.17, 15) is 23.2 Å². The Balaban J connectivity index is 2.06. The number of hydrogen-bond acceptors (Lipinski definition) is 3. The fourth-order valence-corrected chi connectivity index (χ4v) is 4.10. The maximum Gasteiger partial charge on any atom is 0.408 e. The van der Waals surface area contributed by atoms with E-state index in [-0.39, 0.29) is 24.8 Å². The van der Waals surface area contributed by atoms with E-state index in [4.69, 9.17) is 17.3 Å². The van der Waals surface area contributed by atoms with E-state index >= 15 is 0 Å². The smallest absolute Gasteiger partial charge is 0.368 e. The van der Waals surface area contributed by atoms with E-state index in [2.05, 4.69) is 0 Å². The summed E-state index contributed by atoms with van der Waals surface area (Å²) in [5.41, 5.74) is 5.67. The fourth-order valence-electron chi connectivity index (χ4n) is 3.97.